The molecule has 1 aromatic rings. The van der Waals surface area contributed by atoms with Gasteiger partial charge in [0, 0.05) is 43.4 Å². The van der Waals surface area contributed by atoms with Gasteiger partial charge in [-0.1, -0.05) is 17.7 Å². The van der Waals surface area contributed by atoms with Gasteiger partial charge in [-0.3, -0.25) is 4.90 Å². The minimum Gasteiger partial charge on any atom is -0.369 e. The summed E-state index contributed by atoms with van der Waals surface area (Å²) in [5.41, 5.74) is 3.40. The van der Waals surface area contributed by atoms with Crippen molar-refractivity contribution in [2.24, 2.45) is 0 Å². The van der Waals surface area contributed by atoms with Crippen molar-refractivity contribution in [3.63, 3.8) is 0 Å². The summed E-state index contributed by atoms with van der Waals surface area (Å²) in [5, 5.41) is 9.32. The standard InChI is InChI=1S/C13H20ClN3O/c14-12-3-1-4-13(11-12)17-9-7-16(8-10-17)6-2-5-15-18/h1,3-4,11,15,18H,2,5-10H2. The molecule has 4 nitrogen and oxygen atoms in total. The molecule has 100 valence electrons. The Kier molecular flexibility index (Phi) is 5.26. The average Bonchev–Trinajstić information content (AvgIpc) is 2.40. The largest absolute Gasteiger partial charge is 0.369 e. The number of hydrogen-bond donors (Lipinski definition) is 2. The highest BCUT2D eigenvalue weighted by Crippen LogP contribution is 2.20. The lowest BCUT2D eigenvalue weighted by Gasteiger charge is -2.36. The quantitative estimate of drug-likeness (QED) is 0.632. The Morgan fingerprint density at radius 3 is 2.67 bits per heavy atom. The number of hydrogen-bond acceptors (Lipinski definition) is 4. The summed E-state index contributed by atoms with van der Waals surface area (Å²) in [7, 11) is 0. The molecule has 0 aromatic heterocycles. The van der Waals surface area contributed by atoms with E-state index in [2.05, 4.69) is 21.3 Å². The van der Waals surface area contributed by atoms with Crippen LogP contribution in [0.3, 0.4) is 0 Å². The van der Waals surface area contributed by atoms with E-state index >= 15 is 0 Å². The van der Waals surface area contributed by atoms with Crippen LogP contribution in [0.5, 0.6) is 0 Å². The Morgan fingerprint density at radius 2 is 2.00 bits per heavy atom. The first-order chi connectivity index (χ1) is 8.79. The van der Waals surface area contributed by atoms with Gasteiger partial charge in [-0.2, -0.15) is 0 Å². The molecule has 18 heavy (non-hydrogen) atoms. The van der Waals surface area contributed by atoms with Crippen LogP contribution in [0, 0.1) is 0 Å². The molecule has 2 rings (SSSR count). The highest BCUT2D eigenvalue weighted by atomic mass is 35.5. The van der Waals surface area contributed by atoms with Crippen molar-refractivity contribution in [1.82, 2.24) is 10.4 Å². The van der Waals surface area contributed by atoms with Crippen molar-refractivity contribution in [3.05, 3.63) is 29.3 Å². The molecule has 5 heteroatoms. The zero-order valence-electron chi connectivity index (χ0n) is 10.5. The Balaban J connectivity index is 1.79. The second-order valence-corrected chi connectivity index (χ2v) is 5.01. The van der Waals surface area contributed by atoms with Crippen molar-refractivity contribution in [2.45, 2.75) is 6.42 Å². The molecule has 1 saturated heterocycles. The number of nitrogens with one attached hydrogen (secondary N) is 1. The lowest BCUT2D eigenvalue weighted by Crippen LogP contribution is -2.46. The van der Waals surface area contributed by atoms with Gasteiger partial charge in [0.2, 0.25) is 0 Å². The molecule has 1 heterocycles. The van der Waals surface area contributed by atoms with Gasteiger partial charge in [-0.15, -0.1) is 0 Å². The van der Waals surface area contributed by atoms with E-state index in [0.717, 1.165) is 44.2 Å². The van der Waals surface area contributed by atoms with Gasteiger partial charge in [-0.25, -0.2) is 5.48 Å². The lowest BCUT2D eigenvalue weighted by atomic mass is 10.2. The van der Waals surface area contributed by atoms with E-state index in [4.69, 9.17) is 16.8 Å². The molecule has 0 radical (unpaired) electrons. The first-order valence-corrected chi connectivity index (χ1v) is 6.77. The maximum Gasteiger partial charge on any atom is 0.0426 e. The minimum atomic E-state index is 0.661. The van der Waals surface area contributed by atoms with E-state index < -0.39 is 0 Å². The normalized spacial score (nSPS) is 17.1. The fraction of sp³-hybridized carbons (Fsp3) is 0.538. The van der Waals surface area contributed by atoms with Crippen LogP contribution in [-0.2, 0) is 0 Å². The summed E-state index contributed by atoms with van der Waals surface area (Å²) < 4.78 is 0. The van der Waals surface area contributed by atoms with Crippen LogP contribution in [0.25, 0.3) is 0 Å². The van der Waals surface area contributed by atoms with Gasteiger partial charge in [0.1, 0.15) is 0 Å². The Bertz CT molecular complexity index is 367. The van der Waals surface area contributed by atoms with Gasteiger partial charge >= 0.3 is 0 Å². The number of rotatable bonds is 5. The smallest absolute Gasteiger partial charge is 0.0426 e. The molecular weight excluding hydrogens is 250 g/mol. The van der Waals surface area contributed by atoms with Crippen molar-refractivity contribution < 1.29 is 5.21 Å². The number of nitrogens with zero attached hydrogens (tertiary/aromatic N) is 2. The summed E-state index contributed by atoms with van der Waals surface area (Å²) in [4.78, 5) is 4.80. The Morgan fingerprint density at radius 1 is 1.22 bits per heavy atom. The van der Waals surface area contributed by atoms with Gasteiger partial charge in [0.15, 0.2) is 0 Å². The van der Waals surface area contributed by atoms with Gasteiger partial charge in [-0.05, 0) is 31.2 Å². The van der Waals surface area contributed by atoms with Crippen LogP contribution in [0.15, 0.2) is 24.3 Å². The maximum absolute atomic E-state index is 8.52. The Labute approximate surface area is 113 Å². The van der Waals surface area contributed by atoms with Crippen LogP contribution in [-0.4, -0.2) is 49.4 Å². The molecule has 1 aliphatic heterocycles. The average molecular weight is 270 g/mol. The molecular formula is C13H20ClN3O. The third-order valence-corrected chi connectivity index (χ3v) is 3.54. The fourth-order valence-corrected chi connectivity index (χ4v) is 2.47. The molecule has 1 fully saturated rings. The van der Waals surface area contributed by atoms with E-state index in [1.165, 1.54) is 5.69 Å². The topological polar surface area (TPSA) is 38.7 Å². The van der Waals surface area contributed by atoms with Gasteiger partial charge in [0.25, 0.3) is 0 Å². The monoisotopic (exact) mass is 269 g/mol. The second kappa shape index (κ2) is 6.95. The van der Waals surface area contributed by atoms with Crippen LogP contribution in [0.2, 0.25) is 5.02 Å². The van der Waals surface area contributed by atoms with E-state index in [-0.39, 0.29) is 0 Å². The van der Waals surface area contributed by atoms with Gasteiger partial charge in [0.05, 0.1) is 0 Å². The third-order valence-electron chi connectivity index (χ3n) is 3.31. The SMILES string of the molecule is ONCCCN1CCN(c2cccc(Cl)c2)CC1. The zero-order chi connectivity index (χ0) is 12.8. The zero-order valence-corrected chi connectivity index (χ0v) is 11.2. The van der Waals surface area contributed by atoms with Crippen molar-refractivity contribution in [2.75, 3.05) is 44.2 Å². The van der Waals surface area contributed by atoms with Gasteiger partial charge < -0.3 is 10.1 Å². The van der Waals surface area contributed by atoms with Crippen LogP contribution >= 0.6 is 11.6 Å². The Hall–Kier alpha value is -0.810. The molecule has 0 atom stereocenters. The predicted molar refractivity (Wildman–Crippen MR) is 74.5 cm³/mol. The first kappa shape index (κ1) is 13.6. The molecule has 2 N–H and O–H groups in total. The molecule has 1 aromatic carbocycles. The highest BCUT2D eigenvalue weighted by molar-refractivity contribution is 6.30. The maximum atomic E-state index is 8.52. The van der Waals surface area contributed by atoms with Crippen molar-refractivity contribution in [1.29, 1.82) is 0 Å². The first-order valence-electron chi connectivity index (χ1n) is 6.39. The molecule has 0 unspecified atom stereocenters. The summed E-state index contributed by atoms with van der Waals surface area (Å²) >= 11 is 6.01. The number of hydroxylamine groups is 1. The fourth-order valence-electron chi connectivity index (χ4n) is 2.28. The summed E-state index contributed by atoms with van der Waals surface area (Å²) in [6.07, 6.45) is 0.980. The third kappa shape index (κ3) is 3.85. The summed E-state index contributed by atoms with van der Waals surface area (Å²) in [6.45, 7) is 5.90. The number of anilines is 1. The molecule has 0 saturated carbocycles. The lowest BCUT2D eigenvalue weighted by molar-refractivity contribution is 0.156. The number of benzene rings is 1. The number of piperazine rings is 1. The van der Waals surface area contributed by atoms with E-state index in [9.17, 15) is 0 Å². The molecule has 0 amide bonds. The van der Waals surface area contributed by atoms with E-state index in [1.54, 1.807) is 0 Å². The van der Waals surface area contributed by atoms with Crippen molar-refractivity contribution in [3.8, 4) is 0 Å². The molecule has 1 aliphatic rings. The minimum absolute atomic E-state index is 0.661. The summed E-state index contributed by atoms with van der Waals surface area (Å²) in [6, 6.07) is 8.03. The molecule has 0 aliphatic carbocycles. The van der Waals surface area contributed by atoms with Crippen LogP contribution < -0.4 is 10.4 Å². The molecule has 0 spiro atoms. The second-order valence-electron chi connectivity index (χ2n) is 4.57. The van der Waals surface area contributed by atoms with Crippen molar-refractivity contribution >= 4 is 17.3 Å². The van der Waals surface area contributed by atoms with E-state index in [1.807, 2.05) is 18.2 Å². The van der Waals surface area contributed by atoms with E-state index in [0.29, 0.717) is 6.54 Å². The summed E-state index contributed by atoms with van der Waals surface area (Å²) in [5.74, 6) is 0. The van der Waals surface area contributed by atoms with Crippen LogP contribution in [0.1, 0.15) is 6.42 Å². The predicted octanol–water partition coefficient (Wildman–Crippen LogP) is 1.83. The number of halogens is 1. The van der Waals surface area contributed by atoms with Crippen LogP contribution in [0.4, 0.5) is 5.69 Å². The molecule has 0 bridgehead atoms. The highest BCUT2D eigenvalue weighted by Gasteiger charge is 2.16.